The number of hydrogen-bond acceptors (Lipinski definition) is 9. The van der Waals surface area contributed by atoms with Crippen molar-refractivity contribution in [1.82, 2.24) is 19.6 Å². The fraction of sp³-hybridized carbons (Fsp3) is 0.316. The number of methoxy groups -OCH3 is 2. The van der Waals surface area contributed by atoms with E-state index in [4.69, 9.17) is 9.47 Å². The molecule has 15 heteroatoms. The molecule has 0 aliphatic heterocycles. The number of carbonyl (C=O) groups excluding carboxylic acids is 3. The summed E-state index contributed by atoms with van der Waals surface area (Å²) in [5, 5.41) is 4.68. The topological polar surface area (TPSA) is 169 Å². The summed E-state index contributed by atoms with van der Waals surface area (Å²) in [6.45, 7) is 1.62. The van der Waals surface area contributed by atoms with Crippen LogP contribution in [0.25, 0.3) is 0 Å². The van der Waals surface area contributed by atoms with Gasteiger partial charge in [-0.25, -0.2) is 17.9 Å². The third-order valence-electron chi connectivity index (χ3n) is 4.06. The Balaban J connectivity index is 0.00000578. The molecule has 1 heterocycles. The SMILES string of the molecule is CCC(=O)Nc1ccc(C(=O)N(C)C)c(S(=O)(=O)NC(=O)Nc2nc(OC)cc(OC)n2)c1.[Na+]. The van der Waals surface area contributed by atoms with Gasteiger partial charge in [0.2, 0.25) is 23.6 Å². The first-order valence-electron chi connectivity index (χ1n) is 9.47. The second kappa shape index (κ2) is 12.5. The zero-order valence-electron chi connectivity index (χ0n) is 19.6. The van der Waals surface area contributed by atoms with Gasteiger partial charge < -0.3 is 19.7 Å². The molecule has 0 bridgehead atoms. The molecule has 13 nitrogen and oxygen atoms in total. The maximum Gasteiger partial charge on any atom is 1.00 e. The van der Waals surface area contributed by atoms with Crippen LogP contribution < -0.4 is 54.4 Å². The summed E-state index contributed by atoms with van der Waals surface area (Å²) in [6.07, 6.45) is 0.158. The smallest absolute Gasteiger partial charge is 0.481 e. The van der Waals surface area contributed by atoms with Crippen LogP contribution in [0.15, 0.2) is 29.2 Å². The van der Waals surface area contributed by atoms with Crippen molar-refractivity contribution < 1.29 is 61.8 Å². The summed E-state index contributed by atoms with van der Waals surface area (Å²) in [7, 11) is 0.997. The minimum Gasteiger partial charge on any atom is -0.481 e. The van der Waals surface area contributed by atoms with Crippen molar-refractivity contribution in [2.24, 2.45) is 0 Å². The van der Waals surface area contributed by atoms with E-state index in [0.29, 0.717) is 0 Å². The normalized spacial score (nSPS) is 10.4. The number of carbonyl (C=O) groups is 3. The molecule has 2 rings (SSSR count). The fourth-order valence-electron chi connectivity index (χ4n) is 2.46. The average Bonchev–Trinajstić information content (AvgIpc) is 2.77. The third kappa shape index (κ3) is 7.55. The number of rotatable bonds is 8. The number of benzene rings is 1. The molecule has 34 heavy (non-hydrogen) atoms. The van der Waals surface area contributed by atoms with Gasteiger partial charge in [0, 0.05) is 26.2 Å². The molecule has 178 valence electrons. The first-order valence-corrected chi connectivity index (χ1v) is 11.0. The van der Waals surface area contributed by atoms with Crippen LogP contribution in [-0.4, -0.2) is 69.4 Å². The number of urea groups is 1. The Kier molecular flexibility index (Phi) is 10.7. The molecule has 1 aromatic carbocycles. The van der Waals surface area contributed by atoms with Crippen LogP contribution >= 0.6 is 0 Å². The van der Waals surface area contributed by atoms with Crippen molar-refractivity contribution in [1.29, 1.82) is 0 Å². The Morgan fingerprint density at radius 3 is 2.09 bits per heavy atom. The van der Waals surface area contributed by atoms with Crippen molar-refractivity contribution in [2.75, 3.05) is 38.9 Å². The molecule has 0 unspecified atom stereocenters. The zero-order valence-corrected chi connectivity index (χ0v) is 22.4. The van der Waals surface area contributed by atoms with Crippen molar-refractivity contribution in [2.45, 2.75) is 18.2 Å². The van der Waals surface area contributed by atoms with Gasteiger partial charge in [-0.1, -0.05) is 6.92 Å². The van der Waals surface area contributed by atoms with Gasteiger partial charge in [-0.3, -0.25) is 14.9 Å². The van der Waals surface area contributed by atoms with Crippen LogP contribution in [0, 0.1) is 0 Å². The maximum atomic E-state index is 13.0. The molecule has 1 aromatic heterocycles. The Morgan fingerprint density at radius 2 is 1.59 bits per heavy atom. The van der Waals surface area contributed by atoms with Crippen LogP contribution in [0.1, 0.15) is 23.7 Å². The second-order valence-electron chi connectivity index (χ2n) is 6.65. The predicted molar refractivity (Wildman–Crippen MR) is 118 cm³/mol. The van der Waals surface area contributed by atoms with Crippen LogP contribution in [0.5, 0.6) is 11.8 Å². The van der Waals surface area contributed by atoms with E-state index in [1.54, 1.807) is 11.6 Å². The summed E-state index contributed by atoms with van der Waals surface area (Å²) in [6, 6.07) is 3.88. The van der Waals surface area contributed by atoms with Gasteiger partial charge in [-0.2, -0.15) is 9.97 Å². The molecular formula is C19H24N6NaO7S+. The number of aromatic nitrogens is 2. The number of sulfonamides is 1. The van der Waals surface area contributed by atoms with Gasteiger partial charge in [-0.15, -0.1) is 0 Å². The van der Waals surface area contributed by atoms with Crippen LogP contribution in [0.3, 0.4) is 0 Å². The Morgan fingerprint density at radius 1 is 1.00 bits per heavy atom. The Hall–Kier alpha value is -2.94. The molecule has 0 aliphatic rings. The van der Waals surface area contributed by atoms with Gasteiger partial charge in [0.25, 0.3) is 15.9 Å². The Bertz CT molecular complexity index is 1150. The first kappa shape index (κ1) is 29.1. The second-order valence-corrected chi connectivity index (χ2v) is 8.30. The first-order chi connectivity index (χ1) is 15.5. The number of anilines is 2. The van der Waals surface area contributed by atoms with Crippen LogP contribution in [0.2, 0.25) is 0 Å². The number of hydrogen-bond donors (Lipinski definition) is 3. The average molecular weight is 503 g/mol. The number of nitrogens with zero attached hydrogens (tertiary/aromatic N) is 3. The van der Waals surface area contributed by atoms with E-state index in [2.05, 4.69) is 20.6 Å². The van der Waals surface area contributed by atoms with E-state index in [1.165, 1.54) is 51.4 Å². The molecule has 3 N–H and O–H groups in total. The van der Waals surface area contributed by atoms with Gasteiger partial charge in [0.1, 0.15) is 4.90 Å². The quantitative estimate of drug-likeness (QED) is 0.347. The van der Waals surface area contributed by atoms with Crippen molar-refractivity contribution in [3.63, 3.8) is 0 Å². The molecule has 0 spiro atoms. The third-order valence-corrected chi connectivity index (χ3v) is 5.43. The van der Waals surface area contributed by atoms with Gasteiger partial charge in [0.15, 0.2) is 0 Å². The molecule has 0 aliphatic carbocycles. The van der Waals surface area contributed by atoms with Crippen LogP contribution in [0.4, 0.5) is 16.4 Å². The van der Waals surface area contributed by atoms with Gasteiger partial charge in [-0.05, 0) is 18.2 Å². The number of ether oxygens (including phenoxy) is 2. The molecule has 0 atom stereocenters. The summed E-state index contributed by atoms with van der Waals surface area (Å²) in [4.78, 5) is 45.0. The van der Waals surface area contributed by atoms with E-state index >= 15 is 0 Å². The Labute approximate surface area is 219 Å². The van der Waals surface area contributed by atoms with Gasteiger partial charge in [0.05, 0.1) is 25.8 Å². The number of amides is 4. The molecular weight excluding hydrogens is 479 g/mol. The largest absolute Gasteiger partial charge is 1.00 e. The van der Waals surface area contributed by atoms with E-state index in [1.807, 2.05) is 0 Å². The molecule has 2 aromatic rings. The minimum absolute atomic E-state index is 0. The van der Waals surface area contributed by atoms with E-state index in [0.717, 1.165) is 6.07 Å². The molecule has 4 amide bonds. The maximum absolute atomic E-state index is 13.0. The molecule has 0 saturated carbocycles. The number of nitrogens with one attached hydrogen (secondary N) is 3. The molecule has 0 fully saturated rings. The van der Waals surface area contributed by atoms with E-state index < -0.39 is 26.9 Å². The van der Waals surface area contributed by atoms with E-state index in [-0.39, 0.29) is 70.8 Å². The summed E-state index contributed by atoms with van der Waals surface area (Å²) < 4.78 is 37.7. The van der Waals surface area contributed by atoms with Crippen LogP contribution in [-0.2, 0) is 14.8 Å². The minimum atomic E-state index is -4.56. The van der Waals surface area contributed by atoms with Crippen molar-refractivity contribution >= 4 is 39.5 Å². The van der Waals surface area contributed by atoms with Crippen molar-refractivity contribution in [3.8, 4) is 11.8 Å². The monoisotopic (exact) mass is 503 g/mol. The predicted octanol–water partition coefficient (Wildman–Crippen LogP) is -1.94. The summed E-state index contributed by atoms with van der Waals surface area (Å²) in [5.41, 5.74) is -0.0621. The molecule has 0 saturated heterocycles. The fourth-order valence-corrected chi connectivity index (χ4v) is 3.59. The van der Waals surface area contributed by atoms with E-state index in [9.17, 15) is 22.8 Å². The summed E-state index contributed by atoms with van der Waals surface area (Å²) >= 11 is 0. The van der Waals surface area contributed by atoms with Gasteiger partial charge >= 0.3 is 35.6 Å². The summed E-state index contributed by atoms with van der Waals surface area (Å²) in [5.74, 6) is -1.13. The standard InChI is InChI=1S/C19H24N6O7S.Na/c1-6-14(26)20-11-7-8-12(17(27)25(2)3)13(9-11)33(29,30)24-19(28)23-18-21-15(31-4)10-16(22-18)32-5;/h7-10H,6H2,1-5H3,(H,20,26)(H2,21,22,23,24,28);/q;+1. The molecule has 0 radical (unpaired) electrons. The van der Waals surface area contributed by atoms with Crippen molar-refractivity contribution in [3.05, 3.63) is 29.8 Å². The zero-order chi connectivity index (χ0) is 24.8.